The number of likely N-dealkylation sites (tertiary alicyclic amines) is 1. The van der Waals surface area contributed by atoms with Crippen LogP contribution >= 0.6 is 0 Å². The zero-order chi connectivity index (χ0) is 14.6. The fourth-order valence-corrected chi connectivity index (χ4v) is 2.08. The highest BCUT2D eigenvalue weighted by Crippen LogP contribution is 2.25. The molecule has 1 saturated heterocycles. The van der Waals surface area contributed by atoms with Gasteiger partial charge in [0.05, 0.1) is 0 Å². The van der Waals surface area contributed by atoms with Crippen LogP contribution in [0.2, 0.25) is 0 Å². The highest BCUT2D eigenvalue weighted by atomic mass is 19.1. The summed E-state index contributed by atoms with van der Waals surface area (Å²) in [6.07, 6.45) is -1.09. The Morgan fingerprint density at radius 1 is 1.42 bits per heavy atom. The predicted molar refractivity (Wildman–Crippen MR) is 67.7 cm³/mol. The minimum atomic E-state index is -1.04. The van der Waals surface area contributed by atoms with E-state index >= 15 is 0 Å². The zero-order valence-electron chi connectivity index (χ0n) is 11.7. The van der Waals surface area contributed by atoms with E-state index in [9.17, 15) is 14.0 Å². The van der Waals surface area contributed by atoms with Gasteiger partial charge in [-0.3, -0.25) is 4.79 Å². The number of hydrogen-bond acceptors (Lipinski definition) is 3. The van der Waals surface area contributed by atoms with Crippen molar-refractivity contribution < 1.29 is 23.8 Å². The molecule has 1 aliphatic heterocycles. The van der Waals surface area contributed by atoms with Gasteiger partial charge in [0.1, 0.15) is 11.8 Å². The second-order valence-corrected chi connectivity index (χ2v) is 5.92. The number of piperidine rings is 1. The van der Waals surface area contributed by atoms with Gasteiger partial charge in [-0.05, 0) is 33.6 Å². The second kappa shape index (κ2) is 6.21. The van der Waals surface area contributed by atoms with Crippen molar-refractivity contribution in [2.45, 2.75) is 51.8 Å². The molecule has 1 amide bonds. The van der Waals surface area contributed by atoms with Gasteiger partial charge >= 0.3 is 12.1 Å². The van der Waals surface area contributed by atoms with Gasteiger partial charge in [0.15, 0.2) is 0 Å². The second-order valence-electron chi connectivity index (χ2n) is 5.92. The first kappa shape index (κ1) is 15.7. The molecule has 1 heterocycles. The topological polar surface area (TPSA) is 66.8 Å². The molecule has 110 valence electrons. The van der Waals surface area contributed by atoms with Gasteiger partial charge in [-0.15, -0.1) is 0 Å². The van der Waals surface area contributed by atoms with Crippen molar-refractivity contribution in [3.63, 3.8) is 0 Å². The minimum absolute atomic E-state index is 0.0761. The molecule has 1 aliphatic rings. The molecule has 1 N–H and O–H groups in total. The summed E-state index contributed by atoms with van der Waals surface area (Å²) in [7, 11) is 0. The monoisotopic (exact) mass is 275 g/mol. The number of hydrogen-bond donors (Lipinski definition) is 1. The van der Waals surface area contributed by atoms with Gasteiger partial charge in [0, 0.05) is 25.4 Å². The summed E-state index contributed by atoms with van der Waals surface area (Å²) in [6, 6.07) is 0. The molecule has 1 rings (SSSR count). The van der Waals surface area contributed by atoms with Crippen molar-refractivity contribution in [1.82, 2.24) is 4.90 Å². The van der Waals surface area contributed by atoms with E-state index in [1.165, 1.54) is 4.90 Å². The van der Waals surface area contributed by atoms with Gasteiger partial charge < -0.3 is 14.7 Å². The quantitative estimate of drug-likeness (QED) is 0.859. The van der Waals surface area contributed by atoms with Crippen molar-refractivity contribution in [1.29, 1.82) is 0 Å². The van der Waals surface area contributed by atoms with E-state index < -0.39 is 29.8 Å². The molecule has 5 nitrogen and oxygen atoms in total. The molecular weight excluding hydrogens is 253 g/mol. The molecule has 0 aromatic heterocycles. The smallest absolute Gasteiger partial charge is 0.410 e. The Labute approximate surface area is 112 Å². The number of rotatable bonds is 3. The summed E-state index contributed by atoms with van der Waals surface area (Å²) in [5.41, 5.74) is -0.583. The molecule has 0 unspecified atom stereocenters. The molecule has 2 atom stereocenters. The lowest BCUT2D eigenvalue weighted by molar-refractivity contribution is -0.137. The number of halogens is 1. The van der Waals surface area contributed by atoms with Gasteiger partial charge in [-0.1, -0.05) is 0 Å². The van der Waals surface area contributed by atoms with Crippen LogP contribution < -0.4 is 0 Å². The van der Waals surface area contributed by atoms with Crippen molar-refractivity contribution in [2.75, 3.05) is 13.1 Å². The van der Waals surface area contributed by atoms with Crippen molar-refractivity contribution >= 4 is 12.1 Å². The summed E-state index contributed by atoms with van der Waals surface area (Å²) >= 11 is 0. The molecule has 0 radical (unpaired) electrons. The predicted octanol–water partition coefficient (Wildman–Crippen LogP) is 2.45. The van der Waals surface area contributed by atoms with E-state index in [2.05, 4.69) is 0 Å². The third-order valence-corrected chi connectivity index (χ3v) is 3.02. The van der Waals surface area contributed by atoms with Crippen molar-refractivity contribution in [3.8, 4) is 0 Å². The number of ether oxygens (including phenoxy) is 1. The minimum Gasteiger partial charge on any atom is -0.481 e. The van der Waals surface area contributed by atoms with Crippen LogP contribution in [0.15, 0.2) is 0 Å². The molecular formula is C13H22FNO4. The van der Waals surface area contributed by atoms with Crippen LogP contribution in [0, 0.1) is 5.92 Å². The number of carboxylic acids is 1. The first-order chi connectivity index (χ1) is 8.69. The van der Waals surface area contributed by atoms with Gasteiger partial charge in [0.25, 0.3) is 0 Å². The van der Waals surface area contributed by atoms with Gasteiger partial charge in [-0.25, -0.2) is 9.18 Å². The summed E-state index contributed by atoms with van der Waals surface area (Å²) in [5, 5.41) is 8.63. The van der Waals surface area contributed by atoms with Crippen molar-refractivity contribution in [2.24, 2.45) is 5.92 Å². The largest absolute Gasteiger partial charge is 0.481 e. The number of carbonyl (C=O) groups is 2. The Bertz CT molecular complexity index is 340. The number of nitrogens with zero attached hydrogens (tertiary/aromatic N) is 1. The summed E-state index contributed by atoms with van der Waals surface area (Å²) in [4.78, 5) is 23.9. The number of carbonyl (C=O) groups excluding carboxylic acids is 1. The number of amides is 1. The maximum Gasteiger partial charge on any atom is 0.410 e. The molecule has 6 heteroatoms. The molecule has 0 aliphatic carbocycles. The van der Waals surface area contributed by atoms with Crippen LogP contribution in [0.4, 0.5) is 9.18 Å². The molecule has 0 bridgehead atoms. The normalized spacial score (nSPS) is 24.1. The van der Waals surface area contributed by atoms with Crippen LogP contribution in [0.3, 0.4) is 0 Å². The lowest BCUT2D eigenvalue weighted by atomic mass is 9.92. The van der Waals surface area contributed by atoms with Crippen LogP contribution in [0.1, 0.15) is 40.0 Å². The SMILES string of the molecule is CC(C)(C)OC(=O)N1CC[C@@H](F)[C@H](CCC(=O)O)C1. The van der Waals surface area contributed by atoms with Crippen molar-refractivity contribution in [3.05, 3.63) is 0 Å². The highest BCUT2D eigenvalue weighted by molar-refractivity contribution is 5.68. The molecule has 19 heavy (non-hydrogen) atoms. The van der Waals surface area contributed by atoms with Crippen LogP contribution in [0.5, 0.6) is 0 Å². The Morgan fingerprint density at radius 2 is 2.05 bits per heavy atom. The van der Waals surface area contributed by atoms with Crippen LogP contribution in [-0.4, -0.2) is 46.9 Å². The third-order valence-electron chi connectivity index (χ3n) is 3.02. The average molecular weight is 275 g/mol. The number of aliphatic carboxylic acids is 1. The molecule has 1 fully saturated rings. The third kappa shape index (κ3) is 5.44. The zero-order valence-corrected chi connectivity index (χ0v) is 11.7. The lowest BCUT2D eigenvalue weighted by Crippen LogP contribution is -2.46. The Balaban J connectivity index is 2.53. The average Bonchev–Trinajstić information content (AvgIpc) is 2.25. The van der Waals surface area contributed by atoms with E-state index in [-0.39, 0.29) is 25.8 Å². The van der Waals surface area contributed by atoms with E-state index in [0.717, 1.165) is 0 Å². The maximum atomic E-state index is 13.7. The van der Waals surface area contributed by atoms with E-state index in [4.69, 9.17) is 9.84 Å². The lowest BCUT2D eigenvalue weighted by Gasteiger charge is -2.35. The van der Waals surface area contributed by atoms with Gasteiger partial charge in [-0.2, -0.15) is 0 Å². The first-order valence-corrected chi connectivity index (χ1v) is 6.53. The summed E-state index contributed by atoms with van der Waals surface area (Å²) in [6.45, 7) is 5.86. The highest BCUT2D eigenvalue weighted by Gasteiger charge is 2.33. The van der Waals surface area contributed by atoms with E-state index in [0.29, 0.717) is 6.54 Å². The Hall–Kier alpha value is -1.33. The molecule has 0 spiro atoms. The maximum absolute atomic E-state index is 13.7. The van der Waals surface area contributed by atoms with Crippen LogP contribution in [0.25, 0.3) is 0 Å². The number of alkyl halides is 1. The summed E-state index contributed by atoms with van der Waals surface area (Å²) < 4.78 is 18.9. The standard InChI is InChI=1S/C13H22FNO4/c1-13(2,3)19-12(18)15-7-6-10(14)9(8-15)4-5-11(16)17/h9-10H,4-8H2,1-3H3,(H,16,17)/t9-,10-/m1/s1. The fraction of sp³-hybridized carbons (Fsp3) is 0.846. The molecule has 0 aromatic carbocycles. The molecule has 0 aromatic rings. The fourth-order valence-electron chi connectivity index (χ4n) is 2.08. The first-order valence-electron chi connectivity index (χ1n) is 6.53. The van der Waals surface area contributed by atoms with E-state index in [1.807, 2.05) is 0 Å². The van der Waals surface area contributed by atoms with Crippen LogP contribution in [-0.2, 0) is 9.53 Å². The number of carboxylic acid groups (broad SMARTS) is 1. The molecule has 0 saturated carbocycles. The van der Waals surface area contributed by atoms with E-state index in [1.54, 1.807) is 20.8 Å². The Morgan fingerprint density at radius 3 is 2.58 bits per heavy atom. The summed E-state index contributed by atoms with van der Waals surface area (Å²) in [5.74, 6) is -1.36. The Kier molecular flexibility index (Phi) is 5.14. The van der Waals surface area contributed by atoms with Gasteiger partial charge in [0.2, 0.25) is 0 Å².